The van der Waals surface area contributed by atoms with Crippen LogP contribution in [0.25, 0.3) is 0 Å². The molecule has 0 spiro atoms. The number of rotatable bonds is 0. The maximum absolute atomic E-state index is 11.3. The molecule has 0 aromatic heterocycles. The number of hydrogen-bond acceptors (Lipinski definition) is 1. The molecule has 1 N–H and O–H groups in total. The molecule has 1 nitrogen and oxygen atoms in total. The van der Waals surface area contributed by atoms with Gasteiger partial charge >= 0.3 is 6.18 Å². The summed E-state index contributed by atoms with van der Waals surface area (Å²) in [6, 6.07) is 10.6. The maximum Gasteiger partial charge on any atom is 0.416 e. The first kappa shape index (κ1) is 17.0. The van der Waals surface area contributed by atoms with Crippen LogP contribution >= 0.6 is 0 Å². The average molecular weight is 262 g/mol. The summed E-state index contributed by atoms with van der Waals surface area (Å²) in [7, 11) is 0. The predicted molar refractivity (Wildman–Crippen MR) is 67.5 cm³/mol. The molecule has 0 amide bonds. The summed E-state index contributed by atoms with van der Waals surface area (Å²) < 4.78 is 33.9. The van der Waals surface area contributed by atoms with Gasteiger partial charge in [0.2, 0.25) is 0 Å². The maximum atomic E-state index is 11.3. The van der Waals surface area contributed by atoms with Crippen molar-refractivity contribution in [3.05, 3.63) is 35.9 Å². The number of halogens is 3. The second kappa shape index (κ2) is 5.74. The molecule has 0 saturated heterocycles. The molecule has 1 aromatic rings. The first-order valence-corrected chi connectivity index (χ1v) is 5.70. The molecule has 0 aliphatic rings. The van der Waals surface area contributed by atoms with Crippen LogP contribution in [0.4, 0.5) is 13.2 Å². The molecule has 0 atom stereocenters. The van der Waals surface area contributed by atoms with Gasteiger partial charge in [-0.1, -0.05) is 51.1 Å². The predicted octanol–water partition coefficient (Wildman–Crippen LogP) is 4.30. The topological polar surface area (TPSA) is 20.2 Å². The molecule has 1 rings (SSSR count). The number of hydrogen-bond donors (Lipinski definition) is 1. The Balaban J connectivity index is 0.000000331. The Kier molecular flexibility index (Phi) is 5.41. The van der Waals surface area contributed by atoms with Crippen LogP contribution in [-0.2, 0) is 5.41 Å². The van der Waals surface area contributed by atoms with E-state index in [9.17, 15) is 13.2 Å². The second-order valence-corrected chi connectivity index (χ2v) is 5.67. The van der Waals surface area contributed by atoms with Crippen LogP contribution in [0.15, 0.2) is 30.3 Å². The van der Waals surface area contributed by atoms with Crippen LogP contribution in [0.1, 0.15) is 40.2 Å². The lowest BCUT2D eigenvalue weighted by Crippen LogP contribution is -2.38. The molecular weight excluding hydrogens is 241 g/mol. The van der Waals surface area contributed by atoms with Gasteiger partial charge in [0.05, 0.1) is 0 Å². The fourth-order valence-electron chi connectivity index (χ4n) is 0.938. The summed E-state index contributed by atoms with van der Waals surface area (Å²) in [5, 5.41) is 8.23. The van der Waals surface area contributed by atoms with Gasteiger partial charge in [-0.3, -0.25) is 0 Å². The highest BCUT2D eigenvalue weighted by Gasteiger charge is 2.45. The molecule has 0 heterocycles. The fourth-order valence-corrected chi connectivity index (χ4v) is 0.938. The highest BCUT2D eigenvalue weighted by atomic mass is 19.4. The monoisotopic (exact) mass is 262 g/mol. The quantitative estimate of drug-likeness (QED) is 0.739. The summed E-state index contributed by atoms with van der Waals surface area (Å²) >= 11 is 0. The van der Waals surface area contributed by atoms with Gasteiger partial charge in [0.25, 0.3) is 0 Å². The van der Waals surface area contributed by atoms with Crippen molar-refractivity contribution in [2.24, 2.45) is 0 Å². The lowest BCUT2D eigenvalue weighted by atomic mass is 9.87. The van der Waals surface area contributed by atoms with Crippen molar-refractivity contribution in [2.75, 3.05) is 0 Å². The molecule has 0 bridgehead atoms. The van der Waals surface area contributed by atoms with E-state index in [4.69, 9.17) is 5.11 Å². The average Bonchev–Trinajstić information content (AvgIpc) is 2.15. The van der Waals surface area contributed by atoms with E-state index in [1.165, 1.54) is 5.56 Å². The molecule has 4 heteroatoms. The minimum absolute atomic E-state index is 0.293. The normalized spacial score (nSPS) is 12.7. The van der Waals surface area contributed by atoms with Crippen LogP contribution in [0.3, 0.4) is 0 Å². The van der Waals surface area contributed by atoms with Gasteiger partial charge in [0.15, 0.2) is 5.60 Å². The SMILES string of the molecule is CC(C)(C)c1ccccc1.CC(C)(O)C(F)(F)F. The summed E-state index contributed by atoms with van der Waals surface area (Å²) in [6.07, 6.45) is -4.51. The Hall–Kier alpha value is -1.03. The van der Waals surface area contributed by atoms with Crippen molar-refractivity contribution in [3.63, 3.8) is 0 Å². The van der Waals surface area contributed by atoms with Crippen LogP contribution in [0.2, 0.25) is 0 Å². The Morgan fingerprint density at radius 3 is 1.33 bits per heavy atom. The number of benzene rings is 1. The molecule has 0 radical (unpaired) electrons. The summed E-state index contributed by atoms with van der Waals surface area (Å²) in [5.74, 6) is 0. The highest BCUT2D eigenvalue weighted by molar-refractivity contribution is 5.21. The van der Waals surface area contributed by atoms with Crippen molar-refractivity contribution in [1.29, 1.82) is 0 Å². The Labute approximate surface area is 107 Å². The van der Waals surface area contributed by atoms with E-state index in [1.54, 1.807) is 0 Å². The molecule has 104 valence electrons. The van der Waals surface area contributed by atoms with Gasteiger partial charge in [-0.15, -0.1) is 0 Å². The Morgan fingerprint density at radius 2 is 1.17 bits per heavy atom. The Morgan fingerprint density at radius 1 is 0.833 bits per heavy atom. The van der Waals surface area contributed by atoms with Crippen LogP contribution in [0.5, 0.6) is 0 Å². The Bertz CT molecular complexity index is 330. The minimum atomic E-state index is -4.51. The van der Waals surface area contributed by atoms with Gasteiger partial charge in [-0.25, -0.2) is 0 Å². The standard InChI is InChI=1S/C10H14.C4H7F3O/c1-10(2,3)9-7-5-4-6-8-9;1-3(2,8)4(5,6)7/h4-8H,1-3H3;8H,1-2H3. The zero-order chi connectivity index (χ0) is 14.6. The first-order valence-electron chi connectivity index (χ1n) is 5.70. The summed E-state index contributed by atoms with van der Waals surface area (Å²) in [5.41, 5.74) is -0.871. The van der Waals surface area contributed by atoms with E-state index < -0.39 is 11.8 Å². The van der Waals surface area contributed by atoms with Gasteiger partial charge in [-0.05, 0) is 24.8 Å². The van der Waals surface area contributed by atoms with E-state index in [1.807, 2.05) is 0 Å². The van der Waals surface area contributed by atoms with E-state index in [-0.39, 0.29) is 0 Å². The van der Waals surface area contributed by atoms with E-state index in [2.05, 4.69) is 51.1 Å². The van der Waals surface area contributed by atoms with E-state index in [0.717, 1.165) is 0 Å². The molecule has 18 heavy (non-hydrogen) atoms. The molecule has 0 unspecified atom stereocenters. The molecule has 1 aromatic carbocycles. The molecule has 0 aliphatic heterocycles. The molecule has 0 saturated carbocycles. The van der Waals surface area contributed by atoms with Crippen molar-refractivity contribution in [1.82, 2.24) is 0 Å². The number of aliphatic hydroxyl groups is 1. The van der Waals surface area contributed by atoms with Gasteiger partial charge in [0.1, 0.15) is 0 Å². The van der Waals surface area contributed by atoms with E-state index >= 15 is 0 Å². The van der Waals surface area contributed by atoms with Crippen molar-refractivity contribution < 1.29 is 18.3 Å². The number of alkyl halides is 3. The molecule has 0 aliphatic carbocycles. The lowest BCUT2D eigenvalue weighted by Gasteiger charge is -2.20. The largest absolute Gasteiger partial charge is 0.416 e. The van der Waals surface area contributed by atoms with Crippen LogP contribution in [0, 0.1) is 0 Å². The van der Waals surface area contributed by atoms with Gasteiger partial charge in [-0.2, -0.15) is 13.2 Å². The van der Waals surface area contributed by atoms with Crippen molar-refractivity contribution in [3.8, 4) is 0 Å². The van der Waals surface area contributed by atoms with E-state index in [0.29, 0.717) is 19.3 Å². The zero-order valence-electron chi connectivity index (χ0n) is 11.5. The summed E-state index contributed by atoms with van der Waals surface area (Å²) in [6.45, 7) is 8.08. The fraction of sp³-hybridized carbons (Fsp3) is 0.571. The summed E-state index contributed by atoms with van der Waals surface area (Å²) in [4.78, 5) is 0. The lowest BCUT2D eigenvalue weighted by molar-refractivity contribution is -0.245. The van der Waals surface area contributed by atoms with Gasteiger partial charge < -0.3 is 5.11 Å². The van der Waals surface area contributed by atoms with Crippen LogP contribution < -0.4 is 0 Å². The van der Waals surface area contributed by atoms with Crippen molar-refractivity contribution >= 4 is 0 Å². The third-order valence-electron chi connectivity index (χ3n) is 2.33. The molecular formula is C14H21F3O. The van der Waals surface area contributed by atoms with Crippen molar-refractivity contribution in [2.45, 2.75) is 51.8 Å². The minimum Gasteiger partial charge on any atom is -0.381 e. The smallest absolute Gasteiger partial charge is 0.381 e. The third-order valence-corrected chi connectivity index (χ3v) is 2.33. The zero-order valence-corrected chi connectivity index (χ0v) is 11.5. The molecule has 0 fully saturated rings. The third kappa shape index (κ3) is 6.05. The van der Waals surface area contributed by atoms with Crippen LogP contribution in [-0.4, -0.2) is 16.9 Å². The van der Waals surface area contributed by atoms with Gasteiger partial charge in [0, 0.05) is 0 Å². The first-order chi connectivity index (χ1) is 7.86. The second-order valence-electron chi connectivity index (χ2n) is 5.67. The highest BCUT2D eigenvalue weighted by Crippen LogP contribution is 2.28.